The maximum atomic E-state index is 13.4. The van der Waals surface area contributed by atoms with E-state index in [1.807, 2.05) is 0 Å². The van der Waals surface area contributed by atoms with Crippen molar-refractivity contribution in [2.24, 2.45) is 0 Å². The molecule has 0 radical (unpaired) electrons. The third kappa shape index (κ3) is 1.89. The summed E-state index contributed by atoms with van der Waals surface area (Å²) in [5.74, 6) is 0.185. The Morgan fingerprint density at radius 1 is 1.50 bits per heavy atom. The van der Waals surface area contributed by atoms with Crippen molar-refractivity contribution in [3.63, 3.8) is 0 Å². The number of aromatic nitrogens is 1. The SMILES string of the molecule is CC1(c2nc3cc(Cl)c(F)cc3o2)CCCNC1. The predicted octanol–water partition coefficient (Wildman–Crippen LogP) is 3.26. The van der Waals surface area contributed by atoms with Gasteiger partial charge in [0.1, 0.15) is 11.3 Å². The van der Waals surface area contributed by atoms with Crippen LogP contribution in [-0.2, 0) is 5.41 Å². The van der Waals surface area contributed by atoms with E-state index < -0.39 is 5.82 Å². The lowest BCUT2D eigenvalue weighted by Gasteiger charge is -2.30. The Labute approximate surface area is 109 Å². The van der Waals surface area contributed by atoms with Gasteiger partial charge in [0.15, 0.2) is 5.58 Å². The zero-order valence-corrected chi connectivity index (χ0v) is 10.9. The van der Waals surface area contributed by atoms with Crippen LogP contribution in [0.1, 0.15) is 25.7 Å². The third-order valence-corrected chi connectivity index (χ3v) is 3.83. The Bertz CT molecular complexity index is 551. The summed E-state index contributed by atoms with van der Waals surface area (Å²) in [5.41, 5.74) is 0.946. The van der Waals surface area contributed by atoms with E-state index in [2.05, 4.69) is 17.2 Å². The van der Waals surface area contributed by atoms with Gasteiger partial charge in [0.25, 0.3) is 0 Å². The first-order chi connectivity index (χ1) is 8.58. The molecule has 3 nitrogen and oxygen atoms in total. The van der Waals surface area contributed by atoms with Crippen molar-refractivity contribution in [3.8, 4) is 0 Å². The maximum Gasteiger partial charge on any atom is 0.202 e. The zero-order chi connectivity index (χ0) is 12.8. The molecule has 2 heterocycles. The standard InChI is InChI=1S/C13H14ClFN2O/c1-13(3-2-4-16-7-13)12-17-10-5-8(14)9(15)6-11(10)18-12/h5-6,16H,2-4,7H2,1H3. The minimum atomic E-state index is -0.473. The van der Waals surface area contributed by atoms with E-state index in [1.165, 1.54) is 12.1 Å². The van der Waals surface area contributed by atoms with Gasteiger partial charge in [-0.25, -0.2) is 9.37 Å². The van der Waals surface area contributed by atoms with Crippen molar-refractivity contribution < 1.29 is 8.81 Å². The van der Waals surface area contributed by atoms with E-state index in [0.717, 1.165) is 25.9 Å². The first-order valence-corrected chi connectivity index (χ1v) is 6.43. The second kappa shape index (κ2) is 4.21. The van der Waals surface area contributed by atoms with Crippen molar-refractivity contribution in [1.82, 2.24) is 10.3 Å². The van der Waals surface area contributed by atoms with Gasteiger partial charge in [-0.2, -0.15) is 0 Å². The average molecular weight is 269 g/mol. The molecular weight excluding hydrogens is 255 g/mol. The van der Waals surface area contributed by atoms with Crippen LogP contribution >= 0.6 is 11.6 Å². The smallest absolute Gasteiger partial charge is 0.202 e. The second-order valence-electron chi connectivity index (χ2n) is 5.09. The normalized spacial score (nSPS) is 24.6. The number of benzene rings is 1. The van der Waals surface area contributed by atoms with E-state index in [4.69, 9.17) is 16.0 Å². The average Bonchev–Trinajstić information content (AvgIpc) is 2.74. The predicted molar refractivity (Wildman–Crippen MR) is 68.4 cm³/mol. The van der Waals surface area contributed by atoms with Gasteiger partial charge in [0.2, 0.25) is 5.89 Å². The number of oxazole rings is 1. The molecule has 1 fully saturated rings. The fourth-order valence-electron chi connectivity index (χ4n) is 2.42. The zero-order valence-electron chi connectivity index (χ0n) is 10.1. The molecule has 0 saturated carbocycles. The molecule has 1 atom stereocenters. The van der Waals surface area contributed by atoms with Gasteiger partial charge < -0.3 is 9.73 Å². The number of halogens is 2. The van der Waals surface area contributed by atoms with Gasteiger partial charge in [-0.1, -0.05) is 11.6 Å². The minimum absolute atomic E-state index is 0.0780. The highest BCUT2D eigenvalue weighted by Gasteiger charge is 2.33. The highest BCUT2D eigenvalue weighted by Crippen LogP contribution is 2.33. The summed E-state index contributed by atoms with van der Waals surface area (Å²) in [6.07, 6.45) is 2.10. The maximum absolute atomic E-state index is 13.4. The lowest BCUT2D eigenvalue weighted by molar-refractivity contribution is 0.279. The fraction of sp³-hybridized carbons (Fsp3) is 0.462. The number of hydrogen-bond acceptors (Lipinski definition) is 3. The summed E-state index contributed by atoms with van der Waals surface area (Å²) in [7, 11) is 0. The van der Waals surface area contributed by atoms with E-state index >= 15 is 0 Å². The van der Waals surface area contributed by atoms with E-state index in [0.29, 0.717) is 17.0 Å². The molecule has 1 saturated heterocycles. The first kappa shape index (κ1) is 11.9. The van der Waals surface area contributed by atoms with Crippen molar-refractivity contribution in [2.45, 2.75) is 25.2 Å². The van der Waals surface area contributed by atoms with Crippen LogP contribution in [0.2, 0.25) is 5.02 Å². The molecule has 1 unspecified atom stereocenters. The highest BCUT2D eigenvalue weighted by molar-refractivity contribution is 6.31. The number of rotatable bonds is 1. The van der Waals surface area contributed by atoms with Gasteiger partial charge >= 0.3 is 0 Å². The Morgan fingerprint density at radius 2 is 2.33 bits per heavy atom. The Balaban J connectivity index is 2.07. The monoisotopic (exact) mass is 268 g/mol. The van der Waals surface area contributed by atoms with Crippen molar-refractivity contribution in [2.75, 3.05) is 13.1 Å². The first-order valence-electron chi connectivity index (χ1n) is 6.05. The molecule has 3 rings (SSSR count). The van der Waals surface area contributed by atoms with Crippen molar-refractivity contribution >= 4 is 22.7 Å². The van der Waals surface area contributed by atoms with E-state index in [-0.39, 0.29) is 10.4 Å². The molecule has 1 aromatic heterocycles. The van der Waals surface area contributed by atoms with Crippen molar-refractivity contribution in [1.29, 1.82) is 0 Å². The summed E-state index contributed by atoms with van der Waals surface area (Å²) in [5, 5.41) is 3.42. The quantitative estimate of drug-likeness (QED) is 0.863. The van der Waals surface area contributed by atoms with Crippen LogP contribution in [0, 0.1) is 5.82 Å². The topological polar surface area (TPSA) is 38.1 Å². The molecule has 1 N–H and O–H groups in total. The van der Waals surface area contributed by atoms with Gasteiger partial charge in [-0.3, -0.25) is 0 Å². The van der Waals surface area contributed by atoms with Crippen molar-refractivity contribution in [3.05, 3.63) is 28.9 Å². The summed E-state index contributed by atoms with van der Waals surface area (Å²) < 4.78 is 19.1. The number of hydrogen-bond donors (Lipinski definition) is 1. The lowest BCUT2D eigenvalue weighted by atomic mass is 9.83. The van der Waals surface area contributed by atoms with E-state index in [1.54, 1.807) is 0 Å². The number of piperidine rings is 1. The molecule has 2 aromatic rings. The summed E-state index contributed by atoms with van der Waals surface area (Å²) >= 11 is 5.75. The van der Waals surface area contributed by atoms with Crippen LogP contribution in [0.3, 0.4) is 0 Å². The van der Waals surface area contributed by atoms with Crippen LogP contribution < -0.4 is 5.32 Å². The highest BCUT2D eigenvalue weighted by atomic mass is 35.5. The molecule has 0 amide bonds. The van der Waals surface area contributed by atoms with Gasteiger partial charge in [0.05, 0.1) is 10.4 Å². The molecule has 96 valence electrons. The van der Waals surface area contributed by atoms with Gasteiger partial charge in [-0.05, 0) is 32.4 Å². The summed E-state index contributed by atoms with van der Waals surface area (Å²) in [6.45, 7) is 3.97. The fourth-order valence-corrected chi connectivity index (χ4v) is 2.58. The van der Waals surface area contributed by atoms with Crippen LogP contribution in [0.5, 0.6) is 0 Å². The Kier molecular flexibility index (Phi) is 2.79. The third-order valence-electron chi connectivity index (χ3n) is 3.54. The lowest BCUT2D eigenvalue weighted by Crippen LogP contribution is -2.41. The molecular formula is C13H14ClFN2O. The van der Waals surface area contributed by atoms with Crippen LogP contribution in [0.25, 0.3) is 11.1 Å². The summed E-state index contributed by atoms with van der Waals surface area (Å²) in [6, 6.07) is 2.81. The van der Waals surface area contributed by atoms with E-state index in [9.17, 15) is 4.39 Å². The molecule has 18 heavy (non-hydrogen) atoms. The second-order valence-corrected chi connectivity index (χ2v) is 5.50. The van der Waals surface area contributed by atoms with Gasteiger partial charge in [0, 0.05) is 12.6 Å². The van der Waals surface area contributed by atoms with Crippen LogP contribution in [0.15, 0.2) is 16.5 Å². The van der Waals surface area contributed by atoms with Crippen LogP contribution in [0.4, 0.5) is 4.39 Å². The Morgan fingerprint density at radius 3 is 3.06 bits per heavy atom. The molecule has 0 bridgehead atoms. The van der Waals surface area contributed by atoms with Gasteiger partial charge in [-0.15, -0.1) is 0 Å². The minimum Gasteiger partial charge on any atom is -0.440 e. The number of nitrogens with one attached hydrogen (secondary N) is 1. The molecule has 1 aromatic carbocycles. The molecule has 1 aliphatic heterocycles. The molecule has 5 heteroatoms. The Hall–Kier alpha value is -1.13. The van der Waals surface area contributed by atoms with Crippen LogP contribution in [-0.4, -0.2) is 18.1 Å². The number of fused-ring (bicyclic) bond motifs is 1. The molecule has 0 aliphatic carbocycles. The number of nitrogens with zero attached hydrogens (tertiary/aromatic N) is 1. The summed E-state index contributed by atoms with van der Waals surface area (Å²) in [4.78, 5) is 4.45. The molecule has 1 aliphatic rings. The largest absolute Gasteiger partial charge is 0.440 e. The molecule has 0 spiro atoms.